The van der Waals surface area contributed by atoms with Gasteiger partial charge in [-0.3, -0.25) is 4.90 Å². The van der Waals surface area contributed by atoms with Gasteiger partial charge < -0.3 is 10.6 Å². The normalized spacial score (nSPS) is 14.6. The first-order valence-corrected chi connectivity index (χ1v) is 8.21. The number of rotatable bonds is 10. The number of likely N-dealkylation sites (N-methyl/N-ethyl adjacent to an activating group) is 1. The maximum atomic E-state index is 6.25. The van der Waals surface area contributed by atoms with E-state index in [-0.39, 0.29) is 5.54 Å². The van der Waals surface area contributed by atoms with E-state index in [4.69, 9.17) is 5.73 Å². The predicted octanol–water partition coefficient (Wildman–Crippen LogP) is 2.61. The van der Waals surface area contributed by atoms with Crippen LogP contribution in [0.15, 0.2) is 30.3 Å². The molecule has 0 heterocycles. The maximum absolute atomic E-state index is 6.25. The van der Waals surface area contributed by atoms with Crippen LogP contribution in [0.3, 0.4) is 0 Å². The summed E-state index contributed by atoms with van der Waals surface area (Å²) in [5.74, 6) is 0. The van der Waals surface area contributed by atoms with Crippen LogP contribution in [-0.2, 0) is 6.42 Å². The van der Waals surface area contributed by atoms with Gasteiger partial charge >= 0.3 is 0 Å². The van der Waals surface area contributed by atoms with Crippen LogP contribution in [0.5, 0.6) is 0 Å². The highest BCUT2D eigenvalue weighted by Crippen LogP contribution is 2.24. The quantitative estimate of drug-likeness (QED) is 0.719. The first-order chi connectivity index (χ1) is 10.1. The monoisotopic (exact) mass is 291 g/mol. The summed E-state index contributed by atoms with van der Waals surface area (Å²) in [5.41, 5.74) is 7.71. The largest absolute Gasteiger partial charge is 0.329 e. The Labute approximate surface area is 131 Å². The lowest BCUT2D eigenvalue weighted by atomic mass is 9.86. The Morgan fingerprint density at radius 3 is 2.14 bits per heavy atom. The van der Waals surface area contributed by atoms with Crippen molar-refractivity contribution in [2.45, 2.75) is 38.6 Å². The van der Waals surface area contributed by atoms with E-state index < -0.39 is 0 Å². The van der Waals surface area contributed by atoms with Crippen molar-refractivity contribution in [3.8, 4) is 0 Å². The van der Waals surface area contributed by atoms with Crippen LogP contribution in [0, 0.1) is 0 Å². The topological polar surface area (TPSA) is 32.5 Å². The summed E-state index contributed by atoms with van der Waals surface area (Å²) in [7, 11) is 4.27. The molecule has 21 heavy (non-hydrogen) atoms. The van der Waals surface area contributed by atoms with Gasteiger partial charge in [0.05, 0.1) is 0 Å². The molecular weight excluding hydrogens is 258 g/mol. The summed E-state index contributed by atoms with van der Waals surface area (Å²) in [5, 5.41) is 0. The molecule has 3 heteroatoms. The molecule has 3 nitrogen and oxygen atoms in total. The lowest BCUT2D eigenvalue weighted by Gasteiger charge is -2.44. The first-order valence-electron chi connectivity index (χ1n) is 8.21. The molecule has 0 amide bonds. The molecular formula is C18H33N3. The fraction of sp³-hybridized carbons (Fsp3) is 0.667. The van der Waals surface area contributed by atoms with Crippen molar-refractivity contribution >= 4 is 0 Å². The van der Waals surface area contributed by atoms with E-state index in [0.717, 1.165) is 32.5 Å². The van der Waals surface area contributed by atoms with Gasteiger partial charge in [0.1, 0.15) is 0 Å². The molecule has 0 fully saturated rings. The molecule has 0 saturated heterocycles. The van der Waals surface area contributed by atoms with E-state index in [9.17, 15) is 0 Å². The Bertz CT molecular complexity index is 371. The zero-order valence-corrected chi connectivity index (χ0v) is 14.3. The summed E-state index contributed by atoms with van der Waals surface area (Å²) in [6.07, 6.45) is 3.30. The molecule has 1 atom stereocenters. The van der Waals surface area contributed by atoms with Crippen LogP contribution in [0.2, 0.25) is 0 Å². The van der Waals surface area contributed by atoms with Gasteiger partial charge in [-0.25, -0.2) is 0 Å². The van der Waals surface area contributed by atoms with Crippen molar-refractivity contribution in [2.75, 3.05) is 40.3 Å². The average molecular weight is 291 g/mol. The van der Waals surface area contributed by atoms with Crippen LogP contribution in [-0.4, -0.2) is 55.6 Å². The van der Waals surface area contributed by atoms with Gasteiger partial charge in [0.2, 0.25) is 0 Å². The van der Waals surface area contributed by atoms with Gasteiger partial charge in [0.15, 0.2) is 0 Å². The molecule has 1 rings (SSSR count). The zero-order valence-electron chi connectivity index (χ0n) is 14.3. The molecule has 0 radical (unpaired) electrons. The van der Waals surface area contributed by atoms with E-state index >= 15 is 0 Å². The fourth-order valence-electron chi connectivity index (χ4n) is 2.96. The Morgan fingerprint density at radius 2 is 1.67 bits per heavy atom. The molecule has 120 valence electrons. The van der Waals surface area contributed by atoms with Gasteiger partial charge in [-0.1, -0.05) is 44.2 Å². The average Bonchev–Trinajstić information content (AvgIpc) is 2.50. The highest BCUT2D eigenvalue weighted by atomic mass is 15.2. The Morgan fingerprint density at radius 1 is 1.00 bits per heavy atom. The number of benzene rings is 1. The fourth-order valence-corrected chi connectivity index (χ4v) is 2.96. The molecule has 0 aliphatic heterocycles. The second-order valence-electron chi connectivity index (χ2n) is 6.23. The predicted molar refractivity (Wildman–Crippen MR) is 92.6 cm³/mol. The number of nitrogens with two attached hydrogens (primary N) is 1. The summed E-state index contributed by atoms with van der Waals surface area (Å²) in [4.78, 5) is 4.86. The lowest BCUT2D eigenvalue weighted by molar-refractivity contribution is 0.0808. The molecule has 1 aromatic rings. The van der Waals surface area contributed by atoms with Crippen molar-refractivity contribution in [1.29, 1.82) is 0 Å². The Hall–Kier alpha value is -0.900. The second kappa shape index (κ2) is 9.19. The third-order valence-electron chi connectivity index (χ3n) is 4.40. The van der Waals surface area contributed by atoms with E-state index in [1.54, 1.807) is 0 Å². The summed E-state index contributed by atoms with van der Waals surface area (Å²) >= 11 is 0. The third-order valence-corrected chi connectivity index (χ3v) is 4.40. The number of nitrogens with zero attached hydrogens (tertiary/aromatic N) is 2. The van der Waals surface area contributed by atoms with Crippen molar-refractivity contribution in [3.63, 3.8) is 0 Å². The van der Waals surface area contributed by atoms with Crippen LogP contribution in [0.25, 0.3) is 0 Å². The molecule has 2 N–H and O–H groups in total. The second-order valence-corrected chi connectivity index (χ2v) is 6.23. The van der Waals surface area contributed by atoms with E-state index in [1.165, 1.54) is 12.0 Å². The van der Waals surface area contributed by atoms with Gasteiger partial charge in [0, 0.05) is 25.2 Å². The minimum atomic E-state index is 0.0768. The molecule has 0 bridgehead atoms. The van der Waals surface area contributed by atoms with Crippen molar-refractivity contribution in [1.82, 2.24) is 9.80 Å². The first kappa shape index (κ1) is 18.1. The van der Waals surface area contributed by atoms with Crippen LogP contribution >= 0.6 is 0 Å². The van der Waals surface area contributed by atoms with Gasteiger partial charge in [-0.2, -0.15) is 0 Å². The SMILES string of the molecule is CCCN(CCN(C)C)C(CC)(CN)Cc1ccccc1. The van der Waals surface area contributed by atoms with E-state index in [0.29, 0.717) is 6.54 Å². The number of hydrogen-bond acceptors (Lipinski definition) is 3. The molecule has 0 aliphatic rings. The van der Waals surface area contributed by atoms with E-state index in [1.807, 2.05) is 0 Å². The maximum Gasteiger partial charge on any atom is 0.0369 e. The highest BCUT2D eigenvalue weighted by Gasteiger charge is 2.33. The molecule has 0 aromatic heterocycles. The third kappa shape index (κ3) is 5.42. The minimum absolute atomic E-state index is 0.0768. The molecule has 0 spiro atoms. The van der Waals surface area contributed by atoms with E-state index in [2.05, 4.69) is 68.1 Å². The van der Waals surface area contributed by atoms with Crippen molar-refractivity contribution < 1.29 is 0 Å². The van der Waals surface area contributed by atoms with Crippen molar-refractivity contribution in [3.05, 3.63) is 35.9 Å². The minimum Gasteiger partial charge on any atom is -0.329 e. The summed E-state index contributed by atoms with van der Waals surface area (Å²) < 4.78 is 0. The standard InChI is InChI=1S/C18H33N3/c1-5-12-21(14-13-20(3)4)18(6-2,16-19)15-17-10-8-7-9-11-17/h7-11H,5-6,12-16,19H2,1-4H3. The van der Waals surface area contributed by atoms with Gasteiger partial charge in [-0.15, -0.1) is 0 Å². The molecule has 0 aliphatic carbocycles. The van der Waals surface area contributed by atoms with Gasteiger partial charge in [-0.05, 0) is 45.5 Å². The van der Waals surface area contributed by atoms with Crippen molar-refractivity contribution in [2.24, 2.45) is 5.73 Å². The zero-order chi connectivity index (χ0) is 15.7. The summed E-state index contributed by atoms with van der Waals surface area (Å²) in [6, 6.07) is 10.8. The molecule has 1 unspecified atom stereocenters. The molecule has 0 saturated carbocycles. The smallest absolute Gasteiger partial charge is 0.0369 e. The number of hydrogen-bond donors (Lipinski definition) is 1. The van der Waals surface area contributed by atoms with Crippen LogP contribution in [0.1, 0.15) is 32.3 Å². The molecule has 1 aromatic carbocycles. The van der Waals surface area contributed by atoms with Gasteiger partial charge in [0.25, 0.3) is 0 Å². The van der Waals surface area contributed by atoms with Crippen LogP contribution in [0.4, 0.5) is 0 Å². The summed E-state index contributed by atoms with van der Waals surface area (Å²) in [6.45, 7) is 8.52. The van der Waals surface area contributed by atoms with Crippen LogP contribution < -0.4 is 5.73 Å². The Kier molecular flexibility index (Phi) is 7.94. The lowest BCUT2D eigenvalue weighted by Crippen LogP contribution is -2.56. The highest BCUT2D eigenvalue weighted by molar-refractivity contribution is 5.18. The Balaban J connectivity index is 2.92.